The average molecular weight is 283 g/mol. The normalized spacial score (nSPS) is 17.3. The molecule has 0 aromatic heterocycles. The largest absolute Gasteiger partial charge is 0.497 e. The molecule has 2 aromatic carbocycles. The number of para-hydroxylation sites is 1. The maximum Gasteiger partial charge on any atom is 0.127 e. The third kappa shape index (κ3) is 2.97. The maximum absolute atomic E-state index is 5.92. The molecule has 3 heteroatoms. The first-order chi connectivity index (χ1) is 10.3. The van der Waals surface area contributed by atoms with E-state index in [0.29, 0.717) is 0 Å². The monoisotopic (exact) mass is 283 g/mol. The van der Waals surface area contributed by atoms with Gasteiger partial charge in [0.15, 0.2) is 0 Å². The van der Waals surface area contributed by atoms with Crippen molar-refractivity contribution >= 4 is 5.69 Å². The number of nitrogens with one attached hydrogen (secondary N) is 1. The Balaban J connectivity index is 1.86. The summed E-state index contributed by atoms with van der Waals surface area (Å²) in [7, 11) is 1.68. The zero-order valence-corrected chi connectivity index (χ0v) is 12.6. The highest BCUT2D eigenvalue weighted by molar-refractivity contribution is 5.51. The Morgan fingerprint density at radius 1 is 1.14 bits per heavy atom. The number of anilines is 1. The van der Waals surface area contributed by atoms with Crippen molar-refractivity contribution in [1.82, 2.24) is 0 Å². The van der Waals surface area contributed by atoms with E-state index in [1.54, 1.807) is 7.11 Å². The van der Waals surface area contributed by atoms with E-state index in [-0.39, 0.29) is 6.04 Å². The maximum atomic E-state index is 5.92. The van der Waals surface area contributed by atoms with E-state index < -0.39 is 0 Å². The lowest BCUT2D eigenvalue weighted by Gasteiger charge is -2.20. The molecule has 0 fully saturated rings. The first kappa shape index (κ1) is 13.8. The molecule has 1 heterocycles. The lowest BCUT2D eigenvalue weighted by molar-refractivity contribution is 0.314. The molecule has 0 spiro atoms. The highest BCUT2D eigenvalue weighted by Crippen LogP contribution is 2.36. The molecule has 1 atom stereocenters. The first-order valence-electron chi connectivity index (χ1n) is 7.41. The number of fused-ring (bicyclic) bond motifs is 1. The summed E-state index contributed by atoms with van der Waals surface area (Å²) in [5.74, 6) is 1.92. The molecule has 0 saturated carbocycles. The third-order valence-electron chi connectivity index (χ3n) is 3.93. The van der Waals surface area contributed by atoms with Crippen LogP contribution in [0.2, 0.25) is 0 Å². The van der Waals surface area contributed by atoms with E-state index in [0.717, 1.165) is 36.6 Å². The van der Waals surface area contributed by atoms with Crippen molar-refractivity contribution in [3.63, 3.8) is 0 Å². The number of hydrogen-bond acceptors (Lipinski definition) is 3. The number of rotatable bonds is 3. The molecule has 21 heavy (non-hydrogen) atoms. The van der Waals surface area contributed by atoms with Gasteiger partial charge in [0.05, 0.1) is 19.8 Å². The van der Waals surface area contributed by atoms with Gasteiger partial charge in [0.1, 0.15) is 11.5 Å². The lowest BCUT2D eigenvalue weighted by atomic mass is 9.99. The highest BCUT2D eigenvalue weighted by atomic mass is 16.5. The van der Waals surface area contributed by atoms with Crippen LogP contribution >= 0.6 is 0 Å². The van der Waals surface area contributed by atoms with Gasteiger partial charge in [-0.25, -0.2) is 0 Å². The van der Waals surface area contributed by atoms with E-state index in [4.69, 9.17) is 9.47 Å². The van der Waals surface area contributed by atoms with Crippen molar-refractivity contribution in [3.8, 4) is 11.5 Å². The standard InChI is InChI=1S/C18H21NO2/c1-13-5-3-6-16-17(7-4-12-21-18(13)16)19-14-8-10-15(20-2)11-9-14/h3,5-6,8-11,17,19H,4,7,12H2,1-2H3. The van der Waals surface area contributed by atoms with E-state index >= 15 is 0 Å². The summed E-state index contributed by atoms with van der Waals surface area (Å²) in [6.45, 7) is 2.90. The quantitative estimate of drug-likeness (QED) is 0.909. The van der Waals surface area contributed by atoms with Gasteiger partial charge in [0.25, 0.3) is 0 Å². The van der Waals surface area contributed by atoms with Gasteiger partial charge < -0.3 is 14.8 Å². The Bertz CT molecular complexity index is 607. The van der Waals surface area contributed by atoms with Crippen LogP contribution in [-0.2, 0) is 0 Å². The number of benzene rings is 2. The van der Waals surface area contributed by atoms with E-state index in [9.17, 15) is 0 Å². The second-order valence-electron chi connectivity index (χ2n) is 5.41. The molecule has 0 radical (unpaired) electrons. The average Bonchev–Trinajstić information content (AvgIpc) is 2.72. The van der Waals surface area contributed by atoms with Gasteiger partial charge in [0.2, 0.25) is 0 Å². The molecule has 0 aliphatic carbocycles. The van der Waals surface area contributed by atoms with Crippen LogP contribution in [0.15, 0.2) is 42.5 Å². The van der Waals surface area contributed by atoms with Gasteiger partial charge in [0, 0.05) is 11.3 Å². The Morgan fingerprint density at radius 2 is 1.95 bits per heavy atom. The summed E-state index contributed by atoms with van der Waals surface area (Å²) in [5.41, 5.74) is 3.56. The highest BCUT2D eigenvalue weighted by Gasteiger charge is 2.20. The van der Waals surface area contributed by atoms with Gasteiger partial charge in [-0.3, -0.25) is 0 Å². The number of methoxy groups -OCH3 is 1. The van der Waals surface area contributed by atoms with Crippen LogP contribution in [0, 0.1) is 6.92 Å². The molecule has 1 aliphatic rings. The summed E-state index contributed by atoms with van der Waals surface area (Å²) in [5, 5.41) is 3.62. The molecule has 110 valence electrons. The van der Waals surface area contributed by atoms with Crippen LogP contribution < -0.4 is 14.8 Å². The second-order valence-corrected chi connectivity index (χ2v) is 5.41. The Kier molecular flexibility index (Phi) is 4.00. The van der Waals surface area contributed by atoms with Crippen molar-refractivity contribution in [2.45, 2.75) is 25.8 Å². The minimum absolute atomic E-state index is 0.288. The second kappa shape index (κ2) is 6.08. The molecular weight excluding hydrogens is 262 g/mol. The molecule has 1 unspecified atom stereocenters. The zero-order chi connectivity index (χ0) is 14.7. The number of hydrogen-bond donors (Lipinski definition) is 1. The molecule has 0 amide bonds. The van der Waals surface area contributed by atoms with Gasteiger partial charge in [-0.2, -0.15) is 0 Å². The molecule has 1 N–H and O–H groups in total. The van der Waals surface area contributed by atoms with Crippen LogP contribution in [0.25, 0.3) is 0 Å². The first-order valence-corrected chi connectivity index (χ1v) is 7.41. The summed E-state index contributed by atoms with van der Waals surface area (Å²) in [6.07, 6.45) is 2.13. The Hall–Kier alpha value is -2.16. The lowest BCUT2D eigenvalue weighted by Crippen LogP contribution is -2.10. The van der Waals surface area contributed by atoms with Gasteiger partial charge in [-0.15, -0.1) is 0 Å². The van der Waals surface area contributed by atoms with Crippen LogP contribution in [-0.4, -0.2) is 13.7 Å². The molecule has 0 bridgehead atoms. The predicted octanol–water partition coefficient (Wildman–Crippen LogP) is 4.33. The van der Waals surface area contributed by atoms with Crippen LogP contribution in [0.5, 0.6) is 11.5 Å². The van der Waals surface area contributed by atoms with Crippen molar-refractivity contribution in [2.24, 2.45) is 0 Å². The SMILES string of the molecule is COc1ccc(NC2CCCOc3c(C)cccc32)cc1. The smallest absolute Gasteiger partial charge is 0.127 e. The van der Waals surface area contributed by atoms with Crippen molar-refractivity contribution < 1.29 is 9.47 Å². The minimum atomic E-state index is 0.288. The summed E-state index contributed by atoms with van der Waals surface area (Å²) in [6, 6.07) is 14.7. The summed E-state index contributed by atoms with van der Waals surface area (Å²) < 4.78 is 11.1. The zero-order valence-electron chi connectivity index (χ0n) is 12.6. The third-order valence-corrected chi connectivity index (χ3v) is 3.93. The van der Waals surface area contributed by atoms with Gasteiger partial charge in [-0.05, 0) is 49.6 Å². The number of ether oxygens (including phenoxy) is 2. The molecule has 1 aliphatic heterocycles. The Morgan fingerprint density at radius 3 is 2.71 bits per heavy atom. The minimum Gasteiger partial charge on any atom is -0.497 e. The molecule has 3 rings (SSSR count). The van der Waals surface area contributed by atoms with E-state index in [1.807, 2.05) is 12.1 Å². The fourth-order valence-electron chi connectivity index (χ4n) is 2.80. The molecule has 2 aromatic rings. The summed E-state index contributed by atoms with van der Waals surface area (Å²) in [4.78, 5) is 0. The fraction of sp³-hybridized carbons (Fsp3) is 0.333. The van der Waals surface area contributed by atoms with Gasteiger partial charge in [-0.1, -0.05) is 18.2 Å². The van der Waals surface area contributed by atoms with Crippen LogP contribution in [0.3, 0.4) is 0 Å². The molecular formula is C18H21NO2. The van der Waals surface area contributed by atoms with Gasteiger partial charge >= 0.3 is 0 Å². The van der Waals surface area contributed by atoms with E-state index in [1.165, 1.54) is 11.1 Å². The van der Waals surface area contributed by atoms with Crippen LogP contribution in [0.1, 0.15) is 30.0 Å². The Labute approximate surface area is 125 Å². The van der Waals surface area contributed by atoms with E-state index in [2.05, 4.69) is 42.6 Å². The predicted molar refractivity (Wildman–Crippen MR) is 85.3 cm³/mol. The number of aryl methyl sites for hydroxylation is 1. The van der Waals surface area contributed by atoms with Crippen molar-refractivity contribution in [1.29, 1.82) is 0 Å². The fourth-order valence-corrected chi connectivity index (χ4v) is 2.80. The van der Waals surface area contributed by atoms with Crippen molar-refractivity contribution in [2.75, 3.05) is 19.0 Å². The topological polar surface area (TPSA) is 30.5 Å². The van der Waals surface area contributed by atoms with Crippen molar-refractivity contribution in [3.05, 3.63) is 53.6 Å². The summed E-state index contributed by atoms with van der Waals surface area (Å²) >= 11 is 0. The molecule has 0 saturated heterocycles. The molecule has 3 nitrogen and oxygen atoms in total. The van der Waals surface area contributed by atoms with Crippen LogP contribution in [0.4, 0.5) is 5.69 Å².